The molecule has 28 heavy (non-hydrogen) atoms. The number of aliphatic carboxylic acids is 1. The number of urea groups is 1. The summed E-state index contributed by atoms with van der Waals surface area (Å²) in [5.41, 5.74) is 0.724. The fraction of sp³-hybridized carbons (Fsp3) is 0.619. The SMILES string of the molecule is O=C([O-])[C@H](CC(F)(F)Cc1ccccc1)NC(=O)N1CCC2(CCCC2)CC1. The molecule has 3 rings (SSSR count). The standard InChI is InChI=1S/C21H28F2N2O3/c22-21(23,14-16-6-2-1-3-7-16)15-17(18(26)27)24-19(28)25-12-10-20(11-13-25)8-4-5-9-20/h1-3,6-7,17H,4-5,8-15H2,(H,24,28)(H,26,27)/p-1/t17-/m0/s1. The van der Waals surface area contributed by atoms with Crippen LogP contribution in [-0.4, -0.2) is 42.0 Å². The summed E-state index contributed by atoms with van der Waals surface area (Å²) in [6.07, 6.45) is 4.99. The van der Waals surface area contributed by atoms with Gasteiger partial charge in [0.15, 0.2) is 0 Å². The summed E-state index contributed by atoms with van der Waals surface area (Å²) in [6, 6.07) is 5.82. The van der Waals surface area contributed by atoms with Crippen LogP contribution >= 0.6 is 0 Å². The Kier molecular flexibility index (Phi) is 6.20. The van der Waals surface area contributed by atoms with E-state index in [0.717, 1.165) is 12.8 Å². The van der Waals surface area contributed by atoms with Crippen molar-refractivity contribution < 1.29 is 23.5 Å². The minimum Gasteiger partial charge on any atom is -0.548 e. The Labute approximate surface area is 164 Å². The second kappa shape index (κ2) is 8.45. The van der Waals surface area contributed by atoms with Gasteiger partial charge in [-0.25, -0.2) is 13.6 Å². The maximum atomic E-state index is 14.4. The number of carboxylic acid groups (broad SMARTS) is 1. The highest BCUT2D eigenvalue weighted by molar-refractivity contribution is 5.81. The van der Waals surface area contributed by atoms with Gasteiger partial charge in [-0.2, -0.15) is 0 Å². The topological polar surface area (TPSA) is 72.5 Å². The normalized spacial score (nSPS) is 20.1. The van der Waals surface area contributed by atoms with Crippen LogP contribution in [0.25, 0.3) is 0 Å². The number of amides is 2. The number of hydrogen-bond donors (Lipinski definition) is 1. The van der Waals surface area contributed by atoms with Crippen LogP contribution in [0.3, 0.4) is 0 Å². The van der Waals surface area contributed by atoms with Crippen molar-refractivity contribution in [1.29, 1.82) is 0 Å². The number of rotatable bonds is 6. The van der Waals surface area contributed by atoms with Gasteiger partial charge in [-0.05, 0) is 36.7 Å². The van der Waals surface area contributed by atoms with Gasteiger partial charge in [0.2, 0.25) is 0 Å². The third kappa shape index (κ3) is 5.20. The molecule has 1 saturated heterocycles. The molecule has 0 unspecified atom stereocenters. The smallest absolute Gasteiger partial charge is 0.317 e. The second-order valence-corrected chi connectivity index (χ2v) is 8.24. The number of hydrogen-bond acceptors (Lipinski definition) is 3. The molecule has 2 fully saturated rings. The summed E-state index contributed by atoms with van der Waals surface area (Å²) < 4.78 is 28.7. The van der Waals surface area contributed by atoms with Gasteiger partial charge in [-0.15, -0.1) is 0 Å². The molecule has 0 aromatic heterocycles. The van der Waals surface area contributed by atoms with Crippen LogP contribution in [0.15, 0.2) is 30.3 Å². The van der Waals surface area contributed by atoms with E-state index in [4.69, 9.17) is 0 Å². The Morgan fingerprint density at radius 1 is 1.11 bits per heavy atom. The maximum Gasteiger partial charge on any atom is 0.317 e. The largest absolute Gasteiger partial charge is 0.548 e. The van der Waals surface area contributed by atoms with Gasteiger partial charge in [0, 0.05) is 25.9 Å². The average Bonchev–Trinajstić information content (AvgIpc) is 3.10. The fourth-order valence-electron chi connectivity index (χ4n) is 4.51. The van der Waals surface area contributed by atoms with Crippen molar-refractivity contribution >= 4 is 12.0 Å². The van der Waals surface area contributed by atoms with Gasteiger partial charge in [-0.1, -0.05) is 43.2 Å². The molecular weight excluding hydrogens is 366 g/mol. The van der Waals surface area contributed by atoms with Crippen molar-refractivity contribution in [1.82, 2.24) is 10.2 Å². The van der Waals surface area contributed by atoms with Crippen LogP contribution in [0, 0.1) is 5.41 Å². The van der Waals surface area contributed by atoms with E-state index >= 15 is 0 Å². The van der Waals surface area contributed by atoms with Gasteiger partial charge >= 0.3 is 6.03 Å². The Morgan fingerprint density at radius 3 is 2.29 bits per heavy atom. The molecule has 1 atom stereocenters. The van der Waals surface area contributed by atoms with Crippen molar-refractivity contribution in [3.63, 3.8) is 0 Å². The van der Waals surface area contributed by atoms with Crippen LogP contribution in [0.2, 0.25) is 0 Å². The monoisotopic (exact) mass is 393 g/mol. The van der Waals surface area contributed by atoms with Crippen LogP contribution in [0.5, 0.6) is 0 Å². The predicted molar refractivity (Wildman–Crippen MR) is 98.7 cm³/mol. The molecule has 1 saturated carbocycles. The average molecular weight is 393 g/mol. The molecule has 1 aromatic carbocycles. The molecule has 5 nitrogen and oxygen atoms in total. The van der Waals surface area contributed by atoms with Gasteiger partial charge in [0.25, 0.3) is 5.92 Å². The first kappa shape index (κ1) is 20.6. The molecule has 0 bridgehead atoms. The number of carboxylic acids is 1. The summed E-state index contributed by atoms with van der Waals surface area (Å²) in [7, 11) is 0. The first-order valence-electron chi connectivity index (χ1n) is 9.97. The highest BCUT2D eigenvalue weighted by Gasteiger charge is 2.39. The molecule has 1 aromatic rings. The molecule has 1 spiro atoms. The lowest BCUT2D eigenvalue weighted by Gasteiger charge is -2.40. The third-order valence-corrected chi connectivity index (χ3v) is 6.17. The number of alkyl halides is 2. The number of carbonyl (C=O) groups is 2. The number of likely N-dealkylation sites (tertiary alicyclic amines) is 1. The summed E-state index contributed by atoms with van der Waals surface area (Å²) in [4.78, 5) is 25.4. The van der Waals surface area contributed by atoms with E-state index in [2.05, 4.69) is 5.32 Å². The molecule has 1 N–H and O–H groups in total. The molecule has 2 aliphatic rings. The fourth-order valence-corrected chi connectivity index (χ4v) is 4.51. The second-order valence-electron chi connectivity index (χ2n) is 8.24. The summed E-state index contributed by atoms with van der Waals surface area (Å²) in [5.74, 6) is -4.96. The molecule has 7 heteroatoms. The van der Waals surface area contributed by atoms with E-state index in [-0.39, 0.29) is 0 Å². The maximum absolute atomic E-state index is 14.4. The van der Waals surface area contributed by atoms with E-state index < -0.39 is 36.8 Å². The lowest BCUT2D eigenvalue weighted by atomic mass is 9.77. The molecule has 1 heterocycles. The third-order valence-electron chi connectivity index (χ3n) is 6.17. The number of carbonyl (C=O) groups excluding carboxylic acids is 2. The Bertz CT molecular complexity index is 680. The Hall–Kier alpha value is -2.18. The highest BCUT2D eigenvalue weighted by atomic mass is 19.3. The van der Waals surface area contributed by atoms with E-state index in [9.17, 15) is 23.5 Å². The highest BCUT2D eigenvalue weighted by Crippen LogP contribution is 2.46. The van der Waals surface area contributed by atoms with E-state index in [0.29, 0.717) is 24.1 Å². The van der Waals surface area contributed by atoms with Gasteiger partial charge in [-0.3, -0.25) is 0 Å². The molecule has 154 valence electrons. The van der Waals surface area contributed by atoms with E-state index in [1.165, 1.54) is 30.6 Å². The van der Waals surface area contributed by atoms with Crippen LogP contribution in [-0.2, 0) is 11.2 Å². The Morgan fingerprint density at radius 2 is 1.71 bits per heavy atom. The molecule has 1 aliphatic carbocycles. The summed E-state index contributed by atoms with van der Waals surface area (Å²) >= 11 is 0. The zero-order valence-corrected chi connectivity index (χ0v) is 16.0. The quantitative estimate of drug-likeness (QED) is 0.808. The number of piperidine rings is 1. The van der Waals surface area contributed by atoms with Crippen molar-refractivity contribution in [2.24, 2.45) is 5.41 Å². The first-order chi connectivity index (χ1) is 13.3. The minimum absolute atomic E-state index is 0.313. The molecule has 1 aliphatic heterocycles. The number of halogens is 2. The number of nitrogens with zero attached hydrogens (tertiary/aromatic N) is 1. The minimum atomic E-state index is -3.27. The summed E-state index contributed by atoms with van der Waals surface area (Å²) in [5, 5.41) is 13.6. The summed E-state index contributed by atoms with van der Waals surface area (Å²) in [6.45, 7) is 1.07. The van der Waals surface area contributed by atoms with Crippen LogP contribution < -0.4 is 10.4 Å². The van der Waals surface area contributed by atoms with Crippen molar-refractivity contribution in [2.75, 3.05) is 13.1 Å². The van der Waals surface area contributed by atoms with E-state index in [1.807, 2.05) is 0 Å². The lowest BCUT2D eigenvalue weighted by Crippen LogP contribution is -2.55. The predicted octanol–water partition coefficient (Wildman–Crippen LogP) is 2.74. The zero-order chi connectivity index (χ0) is 20.2. The van der Waals surface area contributed by atoms with Gasteiger partial charge < -0.3 is 20.1 Å². The van der Waals surface area contributed by atoms with Crippen molar-refractivity contribution in [3.05, 3.63) is 35.9 Å². The molecule has 2 amide bonds. The first-order valence-corrected chi connectivity index (χ1v) is 9.97. The number of benzene rings is 1. The Balaban J connectivity index is 1.55. The van der Waals surface area contributed by atoms with Gasteiger partial charge in [0.1, 0.15) is 0 Å². The van der Waals surface area contributed by atoms with Crippen molar-refractivity contribution in [2.45, 2.75) is 63.3 Å². The van der Waals surface area contributed by atoms with Gasteiger partial charge in [0.05, 0.1) is 12.0 Å². The van der Waals surface area contributed by atoms with Crippen LogP contribution in [0.1, 0.15) is 50.5 Å². The molecular formula is C21H27F2N2O3-. The molecule has 0 radical (unpaired) electrons. The zero-order valence-electron chi connectivity index (χ0n) is 16.0. The van der Waals surface area contributed by atoms with Crippen LogP contribution in [0.4, 0.5) is 13.6 Å². The lowest BCUT2D eigenvalue weighted by molar-refractivity contribution is -0.309. The van der Waals surface area contributed by atoms with E-state index in [1.54, 1.807) is 30.3 Å². The van der Waals surface area contributed by atoms with Crippen molar-refractivity contribution in [3.8, 4) is 0 Å². The number of nitrogens with one attached hydrogen (secondary N) is 1.